The van der Waals surface area contributed by atoms with Crippen molar-refractivity contribution in [3.8, 4) is 5.75 Å². The fourth-order valence-corrected chi connectivity index (χ4v) is 2.24. The Labute approximate surface area is 89.4 Å². The van der Waals surface area contributed by atoms with Gasteiger partial charge < -0.3 is 9.84 Å². The first kappa shape index (κ1) is 12.0. The zero-order chi connectivity index (χ0) is 11.6. The summed E-state index contributed by atoms with van der Waals surface area (Å²) in [6, 6.07) is 4.68. The Bertz CT molecular complexity index is 448. The first-order valence-electron chi connectivity index (χ1n) is 4.43. The van der Waals surface area contributed by atoms with Gasteiger partial charge >= 0.3 is 0 Å². The summed E-state index contributed by atoms with van der Waals surface area (Å²) in [4.78, 5) is 0.100. The molecule has 0 aliphatic carbocycles. The lowest BCUT2D eigenvalue weighted by Gasteiger charge is -2.13. The fourth-order valence-electron chi connectivity index (χ4n) is 1.37. The Kier molecular flexibility index (Phi) is 3.36. The second kappa shape index (κ2) is 4.20. The fraction of sp³-hybridized carbons (Fsp3) is 0.400. The summed E-state index contributed by atoms with van der Waals surface area (Å²) in [6.07, 6.45) is 0.345. The van der Waals surface area contributed by atoms with Crippen molar-refractivity contribution in [3.63, 3.8) is 0 Å². The molecule has 4 nitrogen and oxygen atoms in total. The van der Waals surface area contributed by atoms with Crippen molar-refractivity contribution >= 4 is 9.84 Å². The van der Waals surface area contributed by atoms with Crippen molar-refractivity contribution in [2.75, 3.05) is 13.4 Å². The van der Waals surface area contributed by atoms with E-state index in [1.54, 1.807) is 19.1 Å². The molecule has 0 heterocycles. The highest BCUT2D eigenvalue weighted by atomic mass is 32.2. The highest BCUT2D eigenvalue weighted by Gasteiger charge is 2.19. The minimum atomic E-state index is -3.34. The number of benzene rings is 1. The van der Waals surface area contributed by atoms with E-state index in [4.69, 9.17) is 4.74 Å². The molecule has 1 atom stereocenters. The second-order valence-corrected chi connectivity index (χ2v) is 5.31. The molecule has 0 spiro atoms. The smallest absolute Gasteiger partial charge is 0.179 e. The predicted molar refractivity (Wildman–Crippen MR) is 56.7 cm³/mol. The second-order valence-electron chi connectivity index (χ2n) is 3.33. The van der Waals surface area contributed by atoms with Gasteiger partial charge in [0.05, 0.1) is 13.2 Å². The molecule has 1 N–H and O–H groups in total. The Hall–Kier alpha value is -1.07. The van der Waals surface area contributed by atoms with Crippen molar-refractivity contribution in [2.45, 2.75) is 17.9 Å². The third kappa shape index (κ3) is 2.49. The molecule has 5 heteroatoms. The maximum atomic E-state index is 11.4. The van der Waals surface area contributed by atoms with Gasteiger partial charge in [0, 0.05) is 11.8 Å². The van der Waals surface area contributed by atoms with Crippen LogP contribution in [-0.4, -0.2) is 26.9 Å². The molecule has 0 aliphatic heterocycles. The van der Waals surface area contributed by atoms with E-state index in [9.17, 15) is 13.5 Å². The van der Waals surface area contributed by atoms with E-state index in [2.05, 4.69) is 0 Å². The molecule has 1 unspecified atom stereocenters. The van der Waals surface area contributed by atoms with Gasteiger partial charge in [0.15, 0.2) is 9.84 Å². The Morgan fingerprint density at radius 2 is 2.00 bits per heavy atom. The van der Waals surface area contributed by atoms with Crippen LogP contribution in [-0.2, 0) is 9.84 Å². The predicted octanol–water partition coefficient (Wildman–Crippen LogP) is 1.15. The highest BCUT2D eigenvalue weighted by Crippen LogP contribution is 2.31. The summed E-state index contributed by atoms with van der Waals surface area (Å²) in [5.74, 6) is 0.218. The van der Waals surface area contributed by atoms with Gasteiger partial charge in [-0.2, -0.15) is 0 Å². The van der Waals surface area contributed by atoms with Gasteiger partial charge in [-0.3, -0.25) is 0 Å². The summed E-state index contributed by atoms with van der Waals surface area (Å²) >= 11 is 0. The Balaban J connectivity index is 3.49. The maximum Gasteiger partial charge on any atom is 0.179 e. The van der Waals surface area contributed by atoms with Gasteiger partial charge in [-0.15, -0.1) is 0 Å². The van der Waals surface area contributed by atoms with E-state index in [0.717, 1.165) is 6.26 Å². The summed E-state index contributed by atoms with van der Waals surface area (Å²) in [6.45, 7) is 1.56. The van der Waals surface area contributed by atoms with Crippen LogP contribution >= 0.6 is 0 Å². The first-order valence-corrected chi connectivity index (χ1v) is 6.32. The third-order valence-corrected chi connectivity index (χ3v) is 3.18. The molecule has 0 saturated heterocycles. The van der Waals surface area contributed by atoms with Crippen LogP contribution in [0.4, 0.5) is 0 Å². The van der Waals surface area contributed by atoms with Crippen LogP contribution in [0.5, 0.6) is 5.75 Å². The molecule has 0 amide bonds. The summed E-state index contributed by atoms with van der Waals surface area (Å²) in [7, 11) is -1.95. The van der Waals surface area contributed by atoms with Crippen LogP contribution in [0.15, 0.2) is 23.1 Å². The van der Waals surface area contributed by atoms with Gasteiger partial charge in [-0.1, -0.05) is 12.1 Å². The zero-order valence-corrected chi connectivity index (χ0v) is 9.71. The molecule has 1 rings (SSSR count). The summed E-state index contributed by atoms with van der Waals surface area (Å²) in [5.41, 5.74) is 0.473. The van der Waals surface area contributed by atoms with Crippen molar-refractivity contribution in [2.24, 2.45) is 0 Å². The minimum absolute atomic E-state index is 0.100. The molecular formula is C10H14O4S. The lowest BCUT2D eigenvalue weighted by Crippen LogP contribution is -2.04. The molecule has 0 radical (unpaired) electrons. The standard InChI is InChI=1S/C10H14O4S/c1-7(11)8-5-4-6-9(10(8)14-2)15(3,12)13/h4-7,11H,1-3H3. The topological polar surface area (TPSA) is 63.6 Å². The largest absolute Gasteiger partial charge is 0.495 e. The number of sulfone groups is 1. The molecule has 1 aromatic rings. The lowest BCUT2D eigenvalue weighted by molar-refractivity contribution is 0.193. The summed E-state index contributed by atoms with van der Waals surface area (Å²) in [5, 5.41) is 9.45. The third-order valence-electron chi connectivity index (χ3n) is 2.06. The molecule has 84 valence electrons. The Morgan fingerprint density at radius 1 is 1.40 bits per heavy atom. The number of aliphatic hydroxyl groups is 1. The molecule has 0 saturated carbocycles. The van der Waals surface area contributed by atoms with Crippen molar-refractivity contribution in [3.05, 3.63) is 23.8 Å². The SMILES string of the molecule is COc1c(C(C)O)cccc1S(C)(=O)=O. The monoisotopic (exact) mass is 230 g/mol. The summed E-state index contributed by atoms with van der Waals surface area (Å²) < 4.78 is 27.9. The molecule has 0 fully saturated rings. The maximum absolute atomic E-state index is 11.4. The molecule has 15 heavy (non-hydrogen) atoms. The number of ether oxygens (including phenoxy) is 1. The van der Waals surface area contributed by atoms with E-state index in [0.29, 0.717) is 5.56 Å². The van der Waals surface area contributed by atoms with Crippen molar-refractivity contribution in [1.82, 2.24) is 0 Å². The molecule has 0 bridgehead atoms. The molecular weight excluding hydrogens is 216 g/mol. The Morgan fingerprint density at radius 3 is 2.40 bits per heavy atom. The van der Waals surface area contributed by atoms with E-state index >= 15 is 0 Å². The number of rotatable bonds is 3. The lowest BCUT2D eigenvalue weighted by atomic mass is 10.1. The quantitative estimate of drug-likeness (QED) is 0.846. The minimum Gasteiger partial charge on any atom is -0.495 e. The van der Waals surface area contributed by atoms with Crippen LogP contribution in [0.2, 0.25) is 0 Å². The average Bonchev–Trinajstić information content (AvgIpc) is 2.15. The number of aliphatic hydroxyl groups excluding tert-OH is 1. The van der Waals surface area contributed by atoms with Gasteiger partial charge in [-0.25, -0.2) is 8.42 Å². The van der Waals surface area contributed by atoms with Crippen LogP contribution < -0.4 is 4.74 Å². The molecule has 0 aliphatic rings. The van der Waals surface area contributed by atoms with Crippen molar-refractivity contribution < 1.29 is 18.3 Å². The number of para-hydroxylation sites is 1. The van der Waals surface area contributed by atoms with Crippen LogP contribution in [0.1, 0.15) is 18.6 Å². The molecule has 1 aromatic carbocycles. The van der Waals surface area contributed by atoms with Gasteiger partial charge in [0.25, 0.3) is 0 Å². The average molecular weight is 230 g/mol. The van der Waals surface area contributed by atoms with Crippen LogP contribution in [0.3, 0.4) is 0 Å². The van der Waals surface area contributed by atoms with Crippen LogP contribution in [0, 0.1) is 0 Å². The highest BCUT2D eigenvalue weighted by molar-refractivity contribution is 7.90. The van der Waals surface area contributed by atoms with E-state index in [1.165, 1.54) is 13.2 Å². The van der Waals surface area contributed by atoms with E-state index in [-0.39, 0.29) is 10.6 Å². The number of hydrogen-bond acceptors (Lipinski definition) is 4. The first-order chi connectivity index (χ1) is 6.88. The number of hydrogen-bond donors (Lipinski definition) is 1. The van der Waals surface area contributed by atoms with Gasteiger partial charge in [-0.05, 0) is 13.0 Å². The van der Waals surface area contributed by atoms with Gasteiger partial charge in [0.2, 0.25) is 0 Å². The van der Waals surface area contributed by atoms with Crippen LogP contribution in [0.25, 0.3) is 0 Å². The zero-order valence-electron chi connectivity index (χ0n) is 8.89. The van der Waals surface area contributed by atoms with Gasteiger partial charge in [0.1, 0.15) is 10.6 Å². The normalized spacial score (nSPS) is 13.6. The van der Waals surface area contributed by atoms with E-state index in [1.807, 2.05) is 0 Å². The number of methoxy groups -OCH3 is 1. The van der Waals surface area contributed by atoms with E-state index < -0.39 is 15.9 Å². The van der Waals surface area contributed by atoms with Crippen molar-refractivity contribution in [1.29, 1.82) is 0 Å². The molecule has 0 aromatic heterocycles.